The molecule has 5 nitrogen and oxygen atoms in total. The lowest BCUT2D eigenvalue weighted by atomic mass is 9.89. The molecular formula is C10H10N3O2. The van der Waals surface area contributed by atoms with Gasteiger partial charge in [-0.2, -0.15) is 5.10 Å². The predicted molar refractivity (Wildman–Crippen MR) is 50.1 cm³/mol. The fraction of sp³-hybridized carbons (Fsp3) is 0.500. The number of aromatic nitrogens is 2. The van der Waals surface area contributed by atoms with Crippen molar-refractivity contribution >= 4 is 5.97 Å². The van der Waals surface area contributed by atoms with Crippen LogP contribution in [0, 0.1) is 12.1 Å². The van der Waals surface area contributed by atoms with Crippen LogP contribution in [0.4, 0.5) is 0 Å². The molecule has 2 heterocycles. The summed E-state index contributed by atoms with van der Waals surface area (Å²) in [5.41, 5.74) is 0.599. The third-order valence-electron chi connectivity index (χ3n) is 3.52. The molecule has 1 aromatic rings. The van der Waals surface area contributed by atoms with Gasteiger partial charge in [0.2, 0.25) is 0 Å². The summed E-state index contributed by atoms with van der Waals surface area (Å²) < 4.78 is 0. The number of piperidine rings is 1. The Kier molecular flexibility index (Phi) is 1.62. The van der Waals surface area contributed by atoms with Crippen LogP contribution in [-0.2, 0) is 10.2 Å². The predicted octanol–water partition coefficient (Wildman–Crippen LogP) is -0.409. The van der Waals surface area contributed by atoms with Crippen molar-refractivity contribution in [1.82, 2.24) is 15.5 Å². The van der Waals surface area contributed by atoms with Crippen molar-refractivity contribution < 1.29 is 9.90 Å². The first-order valence-corrected chi connectivity index (χ1v) is 4.91. The number of carboxylic acids is 1. The average Bonchev–Trinajstić information content (AvgIpc) is 2.86. The van der Waals surface area contributed by atoms with Crippen LogP contribution in [0.1, 0.15) is 12.0 Å². The third kappa shape index (κ3) is 1.04. The van der Waals surface area contributed by atoms with Crippen molar-refractivity contribution in [3.05, 3.63) is 24.0 Å². The molecule has 2 fully saturated rings. The van der Waals surface area contributed by atoms with Gasteiger partial charge in [0, 0.05) is 11.6 Å². The molecule has 77 valence electrons. The number of rotatable bonds is 2. The molecule has 1 aliphatic carbocycles. The monoisotopic (exact) mass is 204 g/mol. The van der Waals surface area contributed by atoms with Crippen molar-refractivity contribution in [2.75, 3.05) is 6.54 Å². The van der Waals surface area contributed by atoms with Gasteiger partial charge in [-0.25, -0.2) is 0 Å². The minimum Gasteiger partial charge on any atom is -0.480 e. The van der Waals surface area contributed by atoms with E-state index >= 15 is 0 Å². The number of fused-ring (bicyclic) bond motifs is 1. The molecule has 0 spiro atoms. The molecule has 0 bridgehead atoms. The Labute approximate surface area is 86.5 Å². The van der Waals surface area contributed by atoms with E-state index in [-0.39, 0.29) is 5.41 Å². The second-order valence-corrected chi connectivity index (χ2v) is 4.18. The molecule has 3 atom stereocenters. The fourth-order valence-electron chi connectivity index (χ4n) is 2.71. The maximum absolute atomic E-state index is 11.1. The summed E-state index contributed by atoms with van der Waals surface area (Å²) in [6.45, 7) is 0.771. The van der Waals surface area contributed by atoms with Gasteiger partial charge in [0.25, 0.3) is 0 Å². The highest BCUT2D eigenvalue weighted by Gasteiger charge is 2.66. The molecule has 1 aliphatic heterocycles. The Morgan fingerprint density at radius 3 is 3.20 bits per heavy atom. The van der Waals surface area contributed by atoms with Crippen LogP contribution >= 0.6 is 0 Å². The van der Waals surface area contributed by atoms with Crippen LogP contribution in [-0.4, -0.2) is 33.9 Å². The van der Waals surface area contributed by atoms with E-state index in [1.807, 2.05) is 6.07 Å². The van der Waals surface area contributed by atoms with Crippen LogP contribution in [0.2, 0.25) is 0 Å². The van der Waals surface area contributed by atoms with Gasteiger partial charge in [0.05, 0.1) is 0 Å². The van der Waals surface area contributed by atoms with Crippen molar-refractivity contribution in [3.8, 4) is 0 Å². The topological polar surface area (TPSA) is 75.1 Å². The van der Waals surface area contributed by atoms with Crippen molar-refractivity contribution in [2.45, 2.75) is 17.9 Å². The SMILES string of the molecule is O=C(O)C1NCC2CC21c1[c]nncc1. The van der Waals surface area contributed by atoms with Gasteiger partial charge in [-0.1, -0.05) is 0 Å². The molecule has 3 rings (SSSR count). The van der Waals surface area contributed by atoms with Gasteiger partial charge in [0.15, 0.2) is 0 Å². The zero-order chi connectivity index (χ0) is 10.5. The molecule has 1 saturated carbocycles. The van der Waals surface area contributed by atoms with Crippen molar-refractivity contribution in [1.29, 1.82) is 0 Å². The van der Waals surface area contributed by atoms with Crippen LogP contribution in [0.15, 0.2) is 12.3 Å². The molecule has 2 N–H and O–H groups in total. The number of nitrogens with one attached hydrogen (secondary N) is 1. The fourth-order valence-corrected chi connectivity index (χ4v) is 2.71. The summed E-state index contributed by atoms with van der Waals surface area (Å²) in [5.74, 6) is -0.376. The second kappa shape index (κ2) is 2.76. The average molecular weight is 204 g/mol. The summed E-state index contributed by atoms with van der Waals surface area (Å²) in [5, 5.41) is 19.5. The van der Waals surface area contributed by atoms with Crippen molar-refractivity contribution in [3.63, 3.8) is 0 Å². The Hall–Kier alpha value is -1.49. The van der Waals surface area contributed by atoms with Crippen LogP contribution in [0.25, 0.3) is 0 Å². The molecule has 15 heavy (non-hydrogen) atoms. The highest BCUT2D eigenvalue weighted by molar-refractivity contribution is 5.78. The zero-order valence-corrected chi connectivity index (χ0v) is 7.97. The van der Waals surface area contributed by atoms with Crippen LogP contribution in [0.3, 0.4) is 0 Å². The van der Waals surface area contributed by atoms with Crippen molar-refractivity contribution in [2.24, 2.45) is 5.92 Å². The van der Waals surface area contributed by atoms with Gasteiger partial charge in [0.1, 0.15) is 12.2 Å². The molecule has 0 aromatic carbocycles. The van der Waals surface area contributed by atoms with Crippen LogP contribution in [0.5, 0.6) is 0 Å². The Balaban J connectivity index is 2.02. The lowest BCUT2D eigenvalue weighted by Gasteiger charge is -2.18. The largest absolute Gasteiger partial charge is 0.480 e. The summed E-state index contributed by atoms with van der Waals surface area (Å²) in [4.78, 5) is 11.1. The highest BCUT2D eigenvalue weighted by Crippen LogP contribution is 2.59. The second-order valence-electron chi connectivity index (χ2n) is 4.18. The van der Waals surface area contributed by atoms with Crippen LogP contribution < -0.4 is 5.32 Å². The molecule has 1 saturated heterocycles. The number of aliphatic carboxylic acids is 1. The van der Waals surface area contributed by atoms with Gasteiger partial charge < -0.3 is 10.4 Å². The Morgan fingerprint density at radius 1 is 1.73 bits per heavy atom. The first kappa shape index (κ1) is 8.79. The summed E-state index contributed by atoms with van der Waals surface area (Å²) in [6, 6.07) is 1.32. The minimum atomic E-state index is -0.791. The number of carboxylic acid groups (broad SMARTS) is 1. The lowest BCUT2D eigenvalue weighted by Crippen LogP contribution is -2.41. The normalized spacial score (nSPS) is 37.3. The Bertz CT molecular complexity index is 408. The van der Waals surface area contributed by atoms with Gasteiger partial charge in [-0.05, 0) is 30.5 Å². The smallest absolute Gasteiger partial charge is 0.321 e. The minimum absolute atomic E-state index is 0.276. The van der Waals surface area contributed by atoms with E-state index in [1.165, 1.54) is 0 Å². The maximum Gasteiger partial charge on any atom is 0.321 e. The molecule has 1 radical (unpaired) electrons. The molecule has 1 aromatic heterocycles. The number of hydrogen-bond acceptors (Lipinski definition) is 4. The van der Waals surface area contributed by atoms with E-state index in [1.54, 1.807) is 6.20 Å². The molecule has 0 amide bonds. The third-order valence-corrected chi connectivity index (χ3v) is 3.52. The standard InChI is InChI=1S/C10H10N3O2/c14-9(15)8-10(3-7(10)4-11-8)6-1-2-12-13-5-6/h1-2,7-8,11H,3-4H2,(H,14,15). The summed E-state index contributed by atoms with van der Waals surface area (Å²) in [7, 11) is 0. The van der Waals surface area contributed by atoms with E-state index in [0.717, 1.165) is 18.5 Å². The first-order chi connectivity index (χ1) is 7.25. The number of hydrogen-bond donors (Lipinski definition) is 2. The Morgan fingerprint density at radius 2 is 2.60 bits per heavy atom. The van der Waals surface area contributed by atoms with E-state index < -0.39 is 12.0 Å². The molecule has 3 unspecified atom stereocenters. The van der Waals surface area contributed by atoms with E-state index in [2.05, 4.69) is 21.7 Å². The summed E-state index contributed by atoms with van der Waals surface area (Å²) in [6.07, 6.45) is 5.32. The molecular weight excluding hydrogens is 194 g/mol. The maximum atomic E-state index is 11.1. The number of carbonyl (C=O) groups is 1. The molecule has 5 heteroatoms. The lowest BCUT2D eigenvalue weighted by molar-refractivity contribution is -0.139. The quantitative estimate of drug-likeness (QED) is 0.685. The van der Waals surface area contributed by atoms with Gasteiger partial charge >= 0.3 is 5.97 Å². The summed E-state index contributed by atoms with van der Waals surface area (Å²) >= 11 is 0. The molecule has 2 aliphatic rings. The first-order valence-electron chi connectivity index (χ1n) is 4.91. The van der Waals surface area contributed by atoms with E-state index in [4.69, 9.17) is 5.11 Å². The van der Waals surface area contributed by atoms with Gasteiger partial charge in [-0.3, -0.25) is 4.79 Å². The zero-order valence-electron chi connectivity index (χ0n) is 7.97. The van der Waals surface area contributed by atoms with E-state index in [9.17, 15) is 4.79 Å². The number of nitrogens with zero attached hydrogens (tertiary/aromatic N) is 2. The highest BCUT2D eigenvalue weighted by atomic mass is 16.4. The van der Waals surface area contributed by atoms with Gasteiger partial charge in [-0.15, -0.1) is 5.10 Å². The van der Waals surface area contributed by atoms with E-state index in [0.29, 0.717) is 5.92 Å².